The van der Waals surface area contributed by atoms with Gasteiger partial charge in [0.2, 0.25) is 0 Å². The van der Waals surface area contributed by atoms with Gasteiger partial charge in [0.15, 0.2) is 0 Å². The fourth-order valence-corrected chi connectivity index (χ4v) is 3.96. The minimum absolute atomic E-state index is 0.114. The minimum Gasteiger partial charge on any atom is -0.480 e. The molecule has 1 aliphatic heterocycles. The summed E-state index contributed by atoms with van der Waals surface area (Å²) in [5.41, 5.74) is 1.46. The Bertz CT molecular complexity index is 586. The molecular weight excluding hydrogens is 282 g/mol. The van der Waals surface area contributed by atoms with Crippen molar-refractivity contribution in [1.82, 2.24) is 4.90 Å². The molecule has 1 saturated heterocycles. The Hall–Kier alpha value is -1.88. The van der Waals surface area contributed by atoms with Gasteiger partial charge in [0.25, 0.3) is 5.91 Å². The fourth-order valence-electron chi connectivity index (χ4n) is 3.96. The summed E-state index contributed by atoms with van der Waals surface area (Å²) in [5, 5.41) is 9.55. The number of hydrogen-bond acceptors (Lipinski definition) is 3. The molecule has 2 aliphatic rings. The average Bonchev–Trinajstić information content (AvgIpc) is 3.07. The first-order valence-electron chi connectivity index (χ1n) is 7.73. The van der Waals surface area contributed by atoms with Gasteiger partial charge in [-0.05, 0) is 42.4 Å². The van der Waals surface area contributed by atoms with Gasteiger partial charge in [-0.15, -0.1) is 0 Å². The molecule has 5 heteroatoms. The van der Waals surface area contributed by atoms with E-state index >= 15 is 0 Å². The molecule has 0 bridgehead atoms. The van der Waals surface area contributed by atoms with Crippen LogP contribution >= 0.6 is 0 Å². The van der Waals surface area contributed by atoms with Crippen molar-refractivity contribution in [2.45, 2.75) is 31.9 Å². The van der Waals surface area contributed by atoms with Gasteiger partial charge in [-0.1, -0.05) is 18.6 Å². The normalized spacial score (nSPS) is 27.0. The van der Waals surface area contributed by atoms with E-state index in [-0.39, 0.29) is 11.8 Å². The summed E-state index contributed by atoms with van der Waals surface area (Å²) in [6.07, 6.45) is 3.02. The van der Waals surface area contributed by atoms with Crippen molar-refractivity contribution >= 4 is 11.9 Å². The number of ether oxygens (including phenoxy) is 1. The third kappa shape index (κ3) is 2.61. The van der Waals surface area contributed by atoms with E-state index in [4.69, 9.17) is 4.74 Å². The van der Waals surface area contributed by atoms with Gasteiger partial charge in [0.1, 0.15) is 6.04 Å². The van der Waals surface area contributed by atoms with E-state index < -0.39 is 12.0 Å². The van der Waals surface area contributed by atoms with Gasteiger partial charge >= 0.3 is 5.97 Å². The molecule has 1 aromatic carbocycles. The van der Waals surface area contributed by atoms with Crippen LogP contribution in [0.4, 0.5) is 0 Å². The molecule has 118 valence electrons. The third-order valence-corrected chi connectivity index (χ3v) is 4.89. The number of benzene rings is 1. The first-order valence-corrected chi connectivity index (χ1v) is 7.73. The summed E-state index contributed by atoms with van der Waals surface area (Å²) in [6, 6.07) is 6.57. The van der Waals surface area contributed by atoms with E-state index in [0.29, 0.717) is 24.6 Å². The molecule has 0 unspecified atom stereocenters. The average molecular weight is 303 g/mol. The van der Waals surface area contributed by atoms with Gasteiger partial charge in [0.05, 0.1) is 6.61 Å². The Morgan fingerprint density at radius 1 is 1.36 bits per heavy atom. The molecule has 1 N–H and O–H groups in total. The van der Waals surface area contributed by atoms with Gasteiger partial charge in [-0.3, -0.25) is 4.79 Å². The standard InChI is InChI=1S/C17H21NO4/c1-22-10-11-4-2-5-12(8-11)16(19)18-9-13-6-3-7-14(13)15(18)17(20)21/h2,4-5,8,13-15H,3,6-7,9-10H2,1H3,(H,20,21)/t13-,14+,15+/m0/s1. The zero-order valence-electron chi connectivity index (χ0n) is 12.7. The number of methoxy groups -OCH3 is 1. The van der Waals surface area contributed by atoms with E-state index in [2.05, 4.69) is 0 Å². The summed E-state index contributed by atoms with van der Waals surface area (Å²) in [7, 11) is 1.61. The highest BCUT2D eigenvalue weighted by Gasteiger charge is 2.49. The quantitative estimate of drug-likeness (QED) is 0.925. The molecule has 1 amide bonds. The number of hydrogen-bond donors (Lipinski definition) is 1. The second kappa shape index (κ2) is 6.08. The van der Waals surface area contributed by atoms with Crippen molar-refractivity contribution in [3.8, 4) is 0 Å². The first-order chi connectivity index (χ1) is 10.6. The molecule has 0 aromatic heterocycles. The summed E-state index contributed by atoms with van der Waals surface area (Å²) in [4.78, 5) is 26.0. The largest absolute Gasteiger partial charge is 0.480 e. The molecule has 1 heterocycles. The molecule has 3 atom stereocenters. The summed E-state index contributed by atoms with van der Waals surface area (Å²) in [6.45, 7) is 1.00. The van der Waals surface area contributed by atoms with Crippen LogP contribution < -0.4 is 0 Å². The number of amides is 1. The van der Waals surface area contributed by atoms with E-state index in [1.807, 2.05) is 12.1 Å². The lowest BCUT2D eigenvalue weighted by molar-refractivity contribution is -0.142. The molecule has 0 spiro atoms. The SMILES string of the molecule is COCc1cccc(C(=O)N2C[C@@H]3CCC[C@H]3[C@@H]2C(=O)O)c1. The van der Waals surface area contributed by atoms with Crippen molar-refractivity contribution in [3.63, 3.8) is 0 Å². The van der Waals surface area contributed by atoms with Crippen LogP contribution in [0.25, 0.3) is 0 Å². The second-order valence-corrected chi connectivity index (χ2v) is 6.23. The molecule has 0 radical (unpaired) electrons. The van der Waals surface area contributed by atoms with Crippen molar-refractivity contribution < 1.29 is 19.4 Å². The van der Waals surface area contributed by atoms with Crippen LogP contribution in [-0.4, -0.2) is 41.6 Å². The number of carboxylic acids is 1. The summed E-state index contributed by atoms with van der Waals surface area (Å²) >= 11 is 0. The molecule has 22 heavy (non-hydrogen) atoms. The number of aliphatic carboxylic acids is 1. The Morgan fingerprint density at radius 2 is 2.18 bits per heavy atom. The van der Waals surface area contributed by atoms with E-state index in [9.17, 15) is 14.7 Å². The number of likely N-dealkylation sites (tertiary alicyclic amines) is 1. The van der Waals surface area contributed by atoms with Crippen molar-refractivity contribution in [3.05, 3.63) is 35.4 Å². The van der Waals surface area contributed by atoms with Crippen LogP contribution in [0.3, 0.4) is 0 Å². The molecule has 3 rings (SSSR count). The van der Waals surface area contributed by atoms with Crippen molar-refractivity contribution in [2.75, 3.05) is 13.7 Å². The van der Waals surface area contributed by atoms with Crippen LogP contribution in [-0.2, 0) is 16.1 Å². The number of carbonyl (C=O) groups is 2. The van der Waals surface area contributed by atoms with Gasteiger partial charge in [-0.2, -0.15) is 0 Å². The van der Waals surface area contributed by atoms with Gasteiger partial charge < -0.3 is 14.7 Å². The number of carboxylic acid groups (broad SMARTS) is 1. The smallest absolute Gasteiger partial charge is 0.326 e. The number of carbonyl (C=O) groups excluding carboxylic acids is 1. The maximum absolute atomic E-state index is 12.8. The Kier molecular flexibility index (Phi) is 4.16. The third-order valence-electron chi connectivity index (χ3n) is 4.89. The van der Waals surface area contributed by atoms with Gasteiger partial charge in [-0.25, -0.2) is 4.79 Å². The summed E-state index contributed by atoms with van der Waals surface area (Å²) in [5.74, 6) is -0.605. The second-order valence-electron chi connectivity index (χ2n) is 6.23. The Balaban J connectivity index is 1.84. The van der Waals surface area contributed by atoms with Crippen LogP contribution in [0, 0.1) is 11.8 Å². The fraction of sp³-hybridized carbons (Fsp3) is 0.529. The van der Waals surface area contributed by atoms with Crippen LogP contribution in [0.2, 0.25) is 0 Å². The van der Waals surface area contributed by atoms with Crippen LogP contribution in [0.1, 0.15) is 35.2 Å². The maximum atomic E-state index is 12.8. The molecular formula is C17H21NO4. The van der Waals surface area contributed by atoms with Gasteiger partial charge in [0, 0.05) is 19.2 Å². The Labute approximate surface area is 129 Å². The lowest BCUT2D eigenvalue weighted by Gasteiger charge is -2.24. The highest BCUT2D eigenvalue weighted by molar-refractivity contribution is 5.97. The monoisotopic (exact) mass is 303 g/mol. The maximum Gasteiger partial charge on any atom is 0.326 e. The zero-order valence-corrected chi connectivity index (χ0v) is 12.7. The number of nitrogens with zero attached hydrogens (tertiary/aromatic N) is 1. The molecule has 1 saturated carbocycles. The zero-order chi connectivity index (χ0) is 15.7. The molecule has 1 aliphatic carbocycles. The lowest BCUT2D eigenvalue weighted by atomic mass is 9.94. The highest BCUT2D eigenvalue weighted by Crippen LogP contribution is 2.42. The highest BCUT2D eigenvalue weighted by atomic mass is 16.5. The van der Waals surface area contributed by atoms with Crippen LogP contribution in [0.15, 0.2) is 24.3 Å². The molecule has 1 aromatic rings. The lowest BCUT2D eigenvalue weighted by Crippen LogP contribution is -2.43. The molecule has 5 nitrogen and oxygen atoms in total. The number of rotatable bonds is 4. The predicted octanol–water partition coefficient (Wildman–Crippen LogP) is 2.16. The van der Waals surface area contributed by atoms with Crippen LogP contribution in [0.5, 0.6) is 0 Å². The Morgan fingerprint density at radius 3 is 2.91 bits per heavy atom. The topological polar surface area (TPSA) is 66.8 Å². The molecule has 2 fully saturated rings. The van der Waals surface area contributed by atoms with E-state index in [1.54, 1.807) is 24.1 Å². The van der Waals surface area contributed by atoms with Crippen molar-refractivity contribution in [2.24, 2.45) is 11.8 Å². The minimum atomic E-state index is -0.879. The van der Waals surface area contributed by atoms with E-state index in [0.717, 1.165) is 24.8 Å². The van der Waals surface area contributed by atoms with Crippen molar-refractivity contribution in [1.29, 1.82) is 0 Å². The van der Waals surface area contributed by atoms with E-state index in [1.165, 1.54) is 0 Å². The summed E-state index contributed by atoms with van der Waals surface area (Å²) < 4.78 is 5.09. The number of fused-ring (bicyclic) bond motifs is 1. The first kappa shape index (κ1) is 15.0. The predicted molar refractivity (Wildman–Crippen MR) is 80.4 cm³/mol.